The van der Waals surface area contributed by atoms with Gasteiger partial charge < -0.3 is 10.8 Å². The molecule has 0 spiro atoms. The Morgan fingerprint density at radius 1 is 1.14 bits per heavy atom. The summed E-state index contributed by atoms with van der Waals surface area (Å²) in [5.74, 6) is -0.336. The maximum atomic E-state index is 11.9. The monoisotopic (exact) mass is 339 g/mol. The van der Waals surface area contributed by atoms with Crippen LogP contribution in [0.3, 0.4) is 0 Å². The molecule has 2 rings (SSSR count). The van der Waals surface area contributed by atoms with E-state index in [2.05, 4.69) is 10.2 Å². The van der Waals surface area contributed by atoms with E-state index in [1.807, 2.05) is 0 Å². The number of nitrogens with two attached hydrogens (primary N) is 1. The lowest BCUT2D eigenvalue weighted by Gasteiger charge is -2.03. The van der Waals surface area contributed by atoms with Crippen molar-refractivity contribution in [3.63, 3.8) is 0 Å². The molecule has 116 valence electrons. The van der Waals surface area contributed by atoms with Gasteiger partial charge in [-0.2, -0.15) is 5.11 Å². The van der Waals surface area contributed by atoms with Crippen LogP contribution in [0, 0.1) is 0 Å². The molecule has 8 heteroatoms. The van der Waals surface area contributed by atoms with E-state index in [9.17, 15) is 8.42 Å². The first-order valence-electron chi connectivity index (χ1n) is 6.33. The molecule has 0 aliphatic heterocycles. The Morgan fingerprint density at radius 3 is 2.59 bits per heavy atom. The fraction of sp³-hybridized carbons (Fsp3) is 0.143. The van der Waals surface area contributed by atoms with Crippen molar-refractivity contribution in [1.82, 2.24) is 0 Å². The van der Waals surface area contributed by atoms with Crippen LogP contribution in [-0.2, 0) is 9.84 Å². The van der Waals surface area contributed by atoms with E-state index in [-0.39, 0.29) is 10.6 Å². The Balaban J connectivity index is 2.29. The lowest BCUT2D eigenvalue weighted by atomic mass is 10.3. The number of halogens is 1. The van der Waals surface area contributed by atoms with Gasteiger partial charge in [0, 0.05) is 5.69 Å². The highest BCUT2D eigenvalue weighted by Crippen LogP contribution is 2.29. The Bertz CT molecular complexity index is 807. The third-order valence-corrected chi connectivity index (χ3v) is 4.78. The van der Waals surface area contributed by atoms with Gasteiger partial charge in [-0.05, 0) is 36.4 Å². The van der Waals surface area contributed by atoms with Crippen LogP contribution in [0.4, 0.5) is 17.1 Å². The largest absolute Gasteiger partial charge is 0.399 e. The van der Waals surface area contributed by atoms with E-state index in [1.165, 1.54) is 12.1 Å². The van der Waals surface area contributed by atoms with Crippen LogP contribution in [0.5, 0.6) is 0 Å². The van der Waals surface area contributed by atoms with Crippen LogP contribution in [0.1, 0.15) is 0 Å². The van der Waals surface area contributed by atoms with Gasteiger partial charge in [-0.1, -0.05) is 17.7 Å². The number of sulfone groups is 1. The lowest BCUT2D eigenvalue weighted by molar-refractivity contribution is 0.319. The summed E-state index contributed by atoms with van der Waals surface area (Å²) >= 11 is 5.98. The maximum absolute atomic E-state index is 11.9. The van der Waals surface area contributed by atoms with E-state index in [1.54, 1.807) is 30.3 Å². The number of benzene rings is 2. The number of rotatable bonds is 5. The number of hydrogen-bond donors (Lipinski definition) is 2. The van der Waals surface area contributed by atoms with Gasteiger partial charge in [0.25, 0.3) is 0 Å². The molecule has 0 saturated carbocycles. The van der Waals surface area contributed by atoms with Crippen molar-refractivity contribution in [2.24, 2.45) is 10.2 Å². The normalized spacial score (nSPS) is 11.9. The third-order valence-electron chi connectivity index (χ3n) is 2.78. The minimum absolute atomic E-state index is 0.0846. The molecule has 2 aromatic carbocycles. The second-order valence-corrected chi connectivity index (χ2v) is 6.97. The standard InChI is InChI=1S/C14H14ClN3O3S/c15-13-8-10(16)4-5-14(13)18-17-11-2-1-3-12(9-11)22(20,21)7-6-19/h1-5,8-9,19H,6-7,16H2. The average molecular weight is 340 g/mol. The van der Waals surface area contributed by atoms with E-state index in [0.29, 0.717) is 22.1 Å². The fourth-order valence-corrected chi connectivity index (χ4v) is 2.98. The number of azo groups is 1. The number of nitrogen functional groups attached to an aromatic ring is 1. The topological polar surface area (TPSA) is 105 Å². The van der Waals surface area contributed by atoms with Gasteiger partial charge in [0.2, 0.25) is 0 Å². The molecular weight excluding hydrogens is 326 g/mol. The van der Waals surface area contributed by atoms with Crippen molar-refractivity contribution in [1.29, 1.82) is 0 Å². The zero-order valence-corrected chi connectivity index (χ0v) is 13.0. The first kappa shape index (κ1) is 16.4. The lowest BCUT2D eigenvalue weighted by Crippen LogP contribution is -2.09. The average Bonchev–Trinajstić information content (AvgIpc) is 2.46. The molecule has 0 atom stereocenters. The first-order chi connectivity index (χ1) is 10.4. The van der Waals surface area contributed by atoms with Crippen molar-refractivity contribution in [2.45, 2.75) is 4.90 Å². The minimum atomic E-state index is -3.52. The molecule has 0 aliphatic rings. The van der Waals surface area contributed by atoms with Crippen molar-refractivity contribution in [2.75, 3.05) is 18.1 Å². The van der Waals surface area contributed by atoms with Gasteiger partial charge in [0.15, 0.2) is 9.84 Å². The highest BCUT2D eigenvalue weighted by Gasteiger charge is 2.13. The number of aliphatic hydroxyl groups is 1. The molecule has 0 fully saturated rings. The van der Waals surface area contributed by atoms with Crippen molar-refractivity contribution in [3.8, 4) is 0 Å². The van der Waals surface area contributed by atoms with Gasteiger partial charge in [0.1, 0.15) is 5.69 Å². The zero-order chi connectivity index (χ0) is 16.2. The molecule has 0 aromatic heterocycles. The van der Waals surface area contributed by atoms with Gasteiger partial charge >= 0.3 is 0 Å². The summed E-state index contributed by atoms with van der Waals surface area (Å²) in [6, 6.07) is 10.8. The summed E-state index contributed by atoms with van der Waals surface area (Å²) in [5, 5.41) is 17.1. The van der Waals surface area contributed by atoms with Crippen molar-refractivity contribution < 1.29 is 13.5 Å². The zero-order valence-electron chi connectivity index (χ0n) is 11.5. The van der Waals surface area contributed by atoms with E-state index in [0.717, 1.165) is 0 Å². The Kier molecular flexibility index (Phi) is 5.12. The van der Waals surface area contributed by atoms with Crippen LogP contribution in [-0.4, -0.2) is 25.9 Å². The smallest absolute Gasteiger partial charge is 0.180 e. The Morgan fingerprint density at radius 2 is 1.91 bits per heavy atom. The number of anilines is 1. The van der Waals surface area contributed by atoms with Crippen LogP contribution in [0.25, 0.3) is 0 Å². The summed E-state index contributed by atoms with van der Waals surface area (Å²) in [4.78, 5) is 0.0846. The fourth-order valence-electron chi connectivity index (χ4n) is 1.69. The maximum Gasteiger partial charge on any atom is 0.180 e. The predicted molar refractivity (Wildman–Crippen MR) is 85.6 cm³/mol. The summed E-state index contributed by atoms with van der Waals surface area (Å²) in [7, 11) is -3.52. The number of hydrogen-bond acceptors (Lipinski definition) is 6. The van der Waals surface area contributed by atoms with Gasteiger partial charge in [-0.25, -0.2) is 8.42 Å². The highest BCUT2D eigenvalue weighted by molar-refractivity contribution is 7.91. The molecule has 3 N–H and O–H groups in total. The summed E-state index contributed by atoms with van der Waals surface area (Å²) < 4.78 is 23.8. The molecular formula is C14H14ClN3O3S. The van der Waals surface area contributed by atoms with Gasteiger partial charge in [-0.3, -0.25) is 0 Å². The molecule has 0 saturated heterocycles. The molecule has 6 nitrogen and oxygen atoms in total. The first-order valence-corrected chi connectivity index (χ1v) is 8.36. The van der Waals surface area contributed by atoms with Crippen molar-refractivity contribution in [3.05, 3.63) is 47.5 Å². The van der Waals surface area contributed by atoms with Crippen LogP contribution >= 0.6 is 11.6 Å². The van der Waals surface area contributed by atoms with E-state index in [4.69, 9.17) is 22.4 Å². The number of aliphatic hydroxyl groups excluding tert-OH is 1. The third kappa shape index (κ3) is 4.03. The SMILES string of the molecule is Nc1ccc(N=Nc2cccc(S(=O)(=O)CCO)c2)c(Cl)c1. The van der Waals surface area contributed by atoms with Crippen LogP contribution in [0.2, 0.25) is 5.02 Å². The second-order valence-electron chi connectivity index (χ2n) is 4.45. The van der Waals surface area contributed by atoms with Gasteiger partial charge in [0.05, 0.1) is 28.0 Å². The van der Waals surface area contributed by atoms with Crippen LogP contribution < -0.4 is 5.73 Å². The van der Waals surface area contributed by atoms with E-state index >= 15 is 0 Å². The highest BCUT2D eigenvalue weighted by atomic mass is 35.5. The van der Waals surface area contributed by atoms with E-state index < -0.39 is 16.4 Å². The molecule has 0 unspecified atom stereocenters. The predicted octanol–water partition coefficient (Wildman–Crippen LogP) is 3.10. The van der Waals surface area contributed by atoms with Gasteiger partial charge in [-0.15, -0.1) is 5.11 Å². The molecule has 2 aromatic rings. The minimum Gasteiger partial charge on any atom is -0.399 e. The number of nitrogens with zero attached hydrogens (tertiary/aromatic N) is 2. The summed E-state index contributed by atoms with van der Waals surface area (Å²) in [6.45, 7) is -0.435. The van der Waals surface area contributed by atoms with Crippen LogP contribution in [0.15, 0.2) is 57.6 Å². The summed E-state index contributed by atoms with van der Waals surface area (Å²) in [6.07, 6.45) is 0. The summed E-state index contributed by atoms with van der Waals surface area (Å²) in [5.41, 5.74) is 6.90. The molecule has 22 heavy (non-hydrogen) atoms. The molecule has 0 aliphatic carbocycles. The molecule has 0 amide bonds. The molecule has 0 bridgehead atoms. The molecule has 0 heterocycles. The molecule has 0 radical (unpaired) electrons. The Labute approximate surface area is 133 Å². The van der Waals surface area contributed by atoms with Crippen molar-refractivity contribution >= 4 is 38.5 Å². The quantitative estimate of drug-likeness (QED) is 0.644. The Hall–Kier alpha value is -1.96. The second kappa shape index (κ2) is 6.87.